The molecule has 212 valence electrons. The minimum atomic E-state index is 0.606. The molecule has 7 aromatic carbocycles. The summed E-state index contributed by atoms with van der Waals surface area (Å²) in [5, 5.41) is 4.54. The summed E-state index contributed by atoms with van der Waals surface area (Å²) in [6.45, 7) is 0. The number of anilines is 3. The van der Waals surface area contributed by atoms with Crippen molar-refractivity contribution in [3.63, 3.8) is 0 Å². The molecule has 0 fully saturated rings. The summed E-state index contributed by atoms with van der Waals surface area (Å²) in [6.07, 6.45) is 0. The van der Waals surface area contributed by atoms with Gasteiger partial charge in [0.1, 0.15) is 16.7 Å². The van der Waals surface area contributed by atoms with Crippen LogP contribution in [-0.4, -0.2) is 4.98 Å². The maximum absolute atomic E-state index is 6.44. The Kier molecular flexibility index (Phi) is 5.78. The van der Waals surface area contributed by atoms with E-state index in [2.05, 4.69) is 120 Å². The number of fused-ring (bicyclic) bond motifs is 5. The minimum absolute atomic E-state index is 0.606. The van der Waals surface area contributed by atoms with E-state index < -0.39 is 0 Å². The fraction of sp³-hybridized carbons (Fsp3) is 0. The summed E-state index contributed by atoms with van der Waals surface area (Å²) >= 11 is 0. The Morgan fingerprint density at radius 3 is 1.89 bits per heavy atom. The first-order valence-corrected chi connectivity index (χ1v) is 15.0. The number of aromatic nitrogens is 1. The SMILES string of the molecule is c1ccc(-c2nc3cc4c(cc3o2)oc2cc(N(c3ccccc3)c3ccc(-c5ccc6ccccc6c5)cc3)ccc24)cc1. The molecule has 0 radical (unpaired) electrons. The zero-order valence-electron chi connectivity index (χ0n) is 24.2. The van der Waals surface area contributed by atoms with E-state index in [4.69, 9.17) is 13.8 Å². The quantitative estimate of drug-likeness (QED) is 0.204. The van der Waals surface area contributed by atoms with E-state index >= 15 is 0 Å². The van der Waals surface area contributed by atoms with Gasteiger partial charge in [-0.2, -0.15) is 0 Å². The van der Waals surface area contributed by atoms with E-state index in [1.54, 1.807) is 0 Å². The Balaban J connectivity index is 1.11. The summed E-state index contributed by atoms with van der Waals surface area (Å²) in [4.78, 5) is 7.03. The van der Waals surface area contributed by atoms with Crippen LogP contribution in [0.5, 0.6) is 0 Å². The lowest BCUT2D eigenvalue weighted by molar-refractivity contribution is 0.617. The van der Waals surface area contributed by atoms with Gasteiger partial charge in [0, 0.05) is 45.5 Å². The molecule has 0 aliphatic heterocycles. The van der Waals surface area contributed by atoms with Crippen LogP contribution in [0, 0.1) is 0 Å². The molecular formula is C41H26N2O2. The smallest absolute Gasteiger partial charge is 0.227 e. The van der Waals surface area contributed by atoms with Crippen molar-refractivity contribution in [3.05, 3.63) is 158 Å². The molecule has 4 heteroatoms. The molecule has 0 unspecified atom stereocenters. The van der Waals surface area contributed by atoms with E-state index in [1.165, 1.54) is 21.9 Å². The molecule has 0 saturated heterocycles. The van der Waals surface area contributed by atoms with Crippen molar-refractivity contribution >= 4 is 60.9 Å². The van der Waals surface area contributed by atoms with Gasteiger partial charge in [0.15, 0.2) is 5.58 Å². The molecule has 9 aromatic rings. The standard InChI is InChI=1S/C41H26N2O2/c1-3-10-29(11-4-1)41-42-37-25-36-35-22-21-34(24-38(35)44-39(36)26-40(37)45-41)43(32-13-5-2-6-14-32)33-19-17-28(18-20-33)31-16-15-27-9-7-8-12-30(27)23-31/h1-26H. The van der Waals surface area contributed by atoms with Gasteiger partial charge in [-0.3, -0.25) is 0 Å². The fourth-order valence-electron chi connectivity index (χ4n) is 6.23. The molecule has 0 aliphatic rings. The highest BCUT2D eigenvalue weighted by molar-refractivity contribution is 6.09. The van der Waals surface area contributed by atoms with E-state index in [-0.39, 0.29) is 0 Å². The molecule has 0 atom stereocenters. The lowest BCUT2D eigenvalue weighted by atomic mass is 10.0. The lowest BCUT2D eigenvalue weighted by Crippen LogP contribution is -2.09. The van der Waals surface area contributed by atoms with E-state index in [9.17, 15) is 0 Å². The molecule has 0 saturated carbocycles. The summed E-state index contributed by atoms with van der Waals surface area (Å²) in [5.41, 5.74) is 9.58. The predicted octanol–water partition coefficient (Wildman–Crippen LogP) is 11.7. The molecular weight excluding hydrogens is 552 g/mol. The summed E-state index contributed by atoms with van der Waals surface area (Å²) in [5.74, 6) is 0.606. The van der Waals surface area contributed by atoms with Gasteiger partial charge in [-0.05, 0) is 82.6 Å². The zero-order valence-corrected chi connectivity index (χ0v) is 24.2. The van der Waals surface area contributed by atoms with Crippen LogP contribution >= 0.6 is 0 Å². The molecule has 0 amide bonds. The van der Waals surface area contributed by atoms with Crippen molar-refractivity contribution in [1.82, 2.24) is 4.98 Å². The van der Waals surface area contributed by atoms with E-state index in [0.717, 1.165) is 50.1 Å². The van der Waals surface area contributed by atoms with Gasteiger partial charge < -0.3 is 13.7 Å². The highest BCUT2D eigenvalue weighted by Gasteiger charge is 2.17. The van der Waals surface area contributed by atoms with Gasteiger partial charge in [0.25, 0.3) is 0 Å². The topological polar surface area (TPSA) is 42.4 Å². The molecule has 0 N–H and O–H groups in total. The Morgan fingerprint density at radius 2 is 1.07 bits per heavy atom. The minimum Gasteiger partial charge on any atom is -0.456 e. The lowest BCUT2D eigenvalue weighted by Gasteiger charge is -2.25. The summed E-state index contributed by atoms with van der Waals surface area (Å²) in [7, 11) is 0. The Morgan fingerprint density at radius 1 is 0.400 bits per heavy atom. The van der Waals surface area contributed by atoms with Gasteiger partial charge >= 0.3 is 0 Å². The number of nitrogens with zero attached hydrogens (tertiary/aromatic N) is 2. The molecule has 0 spiro atoms. The van der Waals surface area contributed by atoms with Crippen LogP contribution in [0.2, 0.25) is 0 Å². The third-order valence-electron chi connectivity index (χ3n) is 8.47. The second-order valence-electron chi connectivity index (χ2n) is 11.3. The number of para-hydroxylation sites is 1. The number of oxazole rings is 1. The monoisotopic (exact) mass is 578 g/mol. The molecule has 2 aromatic heterocycles. The summed E-state index contributed by atoms with van der Waals surface area (Å²) < 4.78 is 12.6. The average molecular weight is 579 g/mol. The molecule has 45 heavy (non-hydrogen) atoms. The first-order chi connectivity index (χ1) is 22.3. The van der Waals surface area contributed by atoms with E-state index in [1.807, 2.05) is 42.5 Å². The van der Waals surface area contributed by atoms with Gasteiger partial charge in [0.2, 0.25) is 5.89 Å². The molecule has 0 aliphatic carbocycles. The number of hydrogen-bond acceptors (Lipinski definition) is 4. The van der Waals surface area contributed by atoms with Crippen LogP contribution in [0.1, 0.15) is 0 Å². The van der Waals surface area contributed by atoms with Gasteiger partial charge in [0.05, 0.1) is 0 Å². The highest BCUT2D eigenvalue weighted by atomic mass is 16.4. The van der Waals surface area contributed by atoms with Crippen molar-refractivity contribution in [2.45, 2.75) is 0 Å². The van der Waals surface area contributed by atoms with Crippen LogP contribution in [0.15, 0.2) is 167 Å². The second kappa shape index (κ2) is 10.2. The molecule has 0 bridgehead atoms. The number of furan rings is 1. The van der Waals surface area contributed by atoms with Crippen molar-refractivity contribution in [3.8, 4) is 22.6 Å². The zero-order chi connectivity index (χ0) is 29.7. The average Bonchev–Trinajstić information content (AvgIpc) is 3.68. The third kappa shape index (κ3) is 4.43. The first kappa shape index (κ1) is 25.4. The van der Waals surface area contributed by atoms with E-state index in [0.29, 0.717) is 11.5 Å². The summed E-state index contributed by atoms with van der Waals surface area (Å²) in [6, 6.07) is 54.7. The van der Waals surface area contributed by atoms with Crippen LogP contribution in [0.25, 0.3) is 66.4 Å². The van der Waals surface area contributed by atoms with Crippen molar-refractivity contribution < 1.29 is 8.83 Å². The van der Waals surface area contributed by atoms with Crippen LogP contribution in [-0.2, 0) is 0 Å². The van der Waals surface area contributed by atoms with Gasteiger partial charge in [-0.15, -0.1) is 0 Å². The van der Waals surface area contributed by atoms with Gasteiger partial charge in [-0.1, -0.05) is 84.9 Å². The first-order valence-electron chi connectivity index (χ1n) is 15.0. The third-order valence-corrected chi connectivity index (χ3v) is 8.47. The fourth-order valence-corrected chi connectivity index (χ4v) is 6.23. The number of hydrogen-bond donors (Lipinski definition) is 0. The second-order valence-corrected chi connectivity index (χ2v) is 11.3. The Bertz CT molecular complexity index is 2480. The van der Waals surface area contributed by atoms with Crippen LogP contribution in [0.4, 0.5) is 17.1 Å². The van der Waals surface area contributed by atoms with Crippen molar-refractivity contribution in [1.29, 1.82) is 0 Å². The largest absolute Gasteiger partial charge is 0.456 e. The molecule has 2 heterocycles. The van der Waals surface area contributed by atoms with Crippen molar-refractivity contribution in [2.75, 3.05) is 4.90 Å². The van der Waals surface area contributed by atoms with Crippen molar-refractivity contribution in [2.24, 2.45) is 0 Å². The highest BCUT2D eigenvalue weighted by Crippen LogP contribution is 2.40. The van der Waals surface area contributed by atoms with Crippen LogP contribution < -0.4 is 4.90 Å². The molecule has 9 rings (SSSR count). The maximum atomic E-state index is 6.44. The Labute approximate surface area is 259 Å². The number of rotatable bonds is 5. The van der Waals surface area contributed by atoms with Crippen LogP contribution in [0.3, 0.4) is 0 Å². The van der Waals surface area contributed by atoms with Gasteiger partial charge in [-0.25, -0.2) is 4.98 Å². The maximum Gasteiger partial charge on any atom is 0.227 e. The predicted molar refractivity (Wildman–Crippen MR) is 184 cm³/mol. The molecule has 4 nitrogen and oxygen atoms in total. The number of benzene rings is 7. The normalized spacial score (nSPS) is 11.6. The Hall–Kier alpha value is -6.13.